The van der Waals surface area contributed by atoms with Gasteiger partial charge in [0.05, 0.1) is 0 Å². The molecule has 41 heavy (non-hydrogen) atoms. The van der Waals surface area contributed by atoms with Crippen LogP contribution in [-0.4, -0.2) is 0 Å². The Hall–Kier alpha value is -4.64. The highest BCUT2D eigenvalue weighted by molar-refractivity contribution is 6.29. The lowest BCUT2D eigenvalue weighted by atomic mass is 9.77. The van der Waals surface area contributed by atoms with E-state index in [9.17, 15) is 0 Å². The Kier molecular flexibility index (Phi) is 3.66. The van der Waals surface area contributed by atoms with Crippen LogP contribution in [0, 0.1) is 0 Å². The van der Waals surface area contributed by atoms with Crippen molar-refractivity contribution in [1.29, 1.82) is 0 Å². The second kappa shape index (κ2) is 6.80. The van der Waals surface area contributed by atoms with E-state index in [0.29, 0.717) is 0 Å². The maximum Gasteiger partial charge on any atom is 0.0232 e. The van der Waals surface area contributed by atoms with Crippen molar-refractivity contribution >= 4 is 75.8 Å². The monoisotopic (exact) mass is 520 g/mol. The van der Waals surface area contributed by atoms with Crippen LogP contribution in [0.2, 0.25) is 0 Å². The number of hydrogen-bond donors (Lipinski definition) is 0. The average molecular weight is 521 g/mol. The maximum absolute atomic E-state index is 4.18. The van der Waals surface area contributed by atoms with E-state index in [0.717, 1.165) is 0 Å². The average Bonchev–Trinajstić information content (AvgIpc) is 3.33. The maximum atomic E-state index is 4.18. The first-order chi connectivity index (χ1) is 19.8. The standard InChI is InChI=1S/C41H28/c1-40(2)30(28-17-15-24-13-11-22-7-5-9-26-19-32(40)38(28)36(24)34(22)26)21-31-29-18-16-25-14-12-23-8-6-10-27-20-33(41(31,3)4)39(29)37(25)35(23)27/h5-20H,1-4H3. The van der Waals surface area contributed by atoms with Crippen molar-refractivity contribution in [3.63, 3.8) is 0 Å². The summed E-state index contributed by atoms with van der Waals surface area (Å²) in [6.07, 6.45) is 0. The lowest BCUT2D eigenvalue weighted by Crippen LogP contribution is -2.16. The summed E-state index contributed by atoms with van der Waals surface area (Å²) >= 11 is 0. The van der Waals surface area contributed by atoms with Gasteiger partial charge in [0.15, 0.2) is 0 Å². The summed E-state index contributed by atoms with van der Waals surface area (Å²) in [5.41, 5.74) is 12.0. The van der Waals surface area contributed by atoms with Crippen molar-refractivity contribution in [1.82, 2.24) is 0 Å². The molecule has 0 aromatic heterocycles. The minimum Gasteiger partial charge on any atom is -0.111 e. The molecule has 2 aliphatic rings. The Morgan fingerprint density at radius 3 is 1.20 bits per heavy atom. The fraction of sp³-hybridized carbons (Fsp3) is 0.146. The minimum absolute atomic E-state index is 0.157. The van der Waals surface area contributed by atoms with Gasteiger partial charge in [-0.25, -0.2) is 0 Å². The Labute approximate surface area is 238 Å². The zero-order valence-corrected chi connectivity index (χ0v) is 23.7. The van der Waals surface area contributed by atoms with E-state index in [1.54, 1.807) is 0 Å². The van der Waals surface area contributed by atoms with Crippen LogP contribution >= 0.6 is 0 Å². The highest BCUT2D eigenvalue weighted by atomic mass is 14.4. The Morgan fingerprint density at radius 2 is 0.756 bits per heavy atom. The predicted octanol–water partition coefficient (Wildman–Crippen LogP) is 11.1. The lowest BCUT2D eigenvalue weighted by molar-refractivity contribution is 0.705. The first-order valence-corrected chi connectivity index (χ1v) is 14.8. The summed E-state index contributed by atoms with van der Waals surface area (Å²) in [5, 5.41) is 16.4. The zero-order chi connectivity index (χ0) is 27.4. The molecule has 0 unspecified atom stereocenters. The fourth-order valence-electron chi connectivity index (χ4n) is 8.62. The summed E-state index contributed by atoms with van der Waals surface area (Å²) in [5.74, 6) is 0. The van der Waals surface area contributed by atoms with Crippen molar-refractivity contribution in [3.8, 4) is 0 Å². The third-order valence-corrected chi connectivity index (χ3v) is 10.6. The van der Waals surface area contributed by atoms with Gasteiger partial charge in [-0.3, -0.25) is 0 Å². The van der Waals surface area contributed by atoms with Crippen LogP contribution in [0.3, 0.4) is 0 Å². The molecule has 0 amide bonds. The van der Waals surface area contributed by atoms with E-state index in [4.69, 9.17) is 0 Å². The molecule has 0 spiro atoms. The van der Waals surface area contributed by atoms with E-state index in [1.165, 1.54) is 98.0 Å². The van der Waals surface area contributed by atoms with E-state index < -0.39 is 0 Å². The highest BCUT2D eigenvalue weighted by Crippen LogP contribution is 2.57. The van der Waals surface area contributed by atoms with E-state index in [2.05, 4.69) is 130 Å². The van der Waals surface area contributed by atoms with Gasteiger partial charge < -0.3 is 0 Å². The molecule has 8 aromatic rings. The van der Waals surface area contributed by atoms with E-state index in [-0.39, 0.29) is 10.8 Å². The largest absolute Gasteiger partial charge is 0.111 e. The molecule has 0 bridgehead atoms. The molecule has 0 aliphatic heterocycles. The summed E-state index contributed by atoms with van der Waals surface area (Å²) in [7, 11) is 0. The number of benzene rings is 8. The second-order valence-electron chi connectivity index (χ2n) is 13.4. The molecule has 0 atom stereocenters. The molecule has 0 saturated heterocycles. The van der Waals surface area contributed by atoms with Gasteiger partial charge in [-0.1, -0.05) is 113 Å². The SMILES string of the molecule is CC1(C)C(=C=C2c3ccc4ccc5cccc6cc(c3c4c56)C2(C)C)c2ccc3ccc4cccc5cc1c2c3c45. The molecular formula is C41H28. The highest BCUT2D eigenvalue weighted by Gasteiger charge is 2.41. The van der Waals surface area contributed by atoms with Gasteiger partial charge in [-0.05, 0) is 99.0 Å². The molecule has 192 valence electrons. The minimum atomic E-state index is -0.157. The van der Waals surface area contributed by atoms with Crippen LogP contribution in [-0.2, 0) is 10.8 Å². The molecular weight excluding hydrogens is 492 g/mol. The third kappa shape index (κ3) is 2.43. The summed E-state index contributed by atoms with van der Waals surface area (Å²) < 4.78 is 0. The molecule has 10 rings (SSSR count). The summed E-state index contributed by atoms with van der Waals surface area (Å²) in [4.78, 5) is 0. The number of rotatable bonds is 0. The quantitative estimate of drug-likeness (QED) is 0.138. The predicted molar refractivity (Wildman–Crippen MR) is 177 cm³/mol. The Balaban J connectivity index is 1.37. The number of hydrogen-bond acceptors (Lipinski definition) is 0. The van der Waals surface area contributed by atoms with E-state index in [1.807, 2.05) is 0 Å². The topological polar surface area (TPSA) is 0 Å². The van der Waals surface area contributed by atoms with Crippen LogP contribution < -0.4 is 0 Å². The van der Waals surface area contributed by atoms with Crippen LogP contribution in [0.5, 0.6) is 0 Å². The van der Waals surface area contributed by atoms with Gasteiger partial charge in [0, 0.05) is 22.0 Å². The van der Waals surface area contributed by atoms with Crippen LogP contribution in [0.4, 0.5) is 0 Å². The fourth-order valence-corrected chi connectivity index (χ4v) is 8.62. The molecule has 0 nitrogen and oxygen atoms in total. The molecule has 0 saturated carbocycles. The van der Waals surface area contributed by atoms with Crippen molar-refractivity contribution in [2.75, 3.05) is 0 Å². The molecule has 0 radical (unpaired) electrons. The molecule has 0 heteroatoms. The first kappa shape index (κ1) is 22.1. The van der Waals surface area contributed by atoms with E-state index >= 15 is 0 Å². The van der Waals surface area contributed by atoms with Crippen molar-refractivity contribution in [2.45, 2.75) is 38.5 Å². The molecule has 8 aromatic carbocycles. The van der Waals surface area contributed by atoms with Gasteiger partial charge in [0.25, 0.3) is 0 Å². The number of allylic oxidation sites excluding steroid dienone is 1. The lowest BCUT2D eigenvalue weighted by Gasteiger charge is -2.25. The van der Waals surface area contributed by atoms with Crippen molar-refractivity contribution < 1.29 is 0 Å². The third-order valence-electron chi connectivity index (χ3n) is 10.6. The Morgan fingerprint density at radius 1 is 0.390 bits per heavy atom. The molecule has 0 heterocycles. The van der Waals surface area contributed by atoms with Crippen molar-refractivity contribution in [2.24, 2.45) is 0 Å². The second-order valence-corrected chi connectivity index (χ2v) is 13.4. The Bertz CT molecular complexity index is 2370. The summed E-state index contributed by atoms with van der Waals surface area (Å²) in [6.45, 7) is 9.61. The normalized spacial score (nSPS) is 17.0. The van der Waals surface area contributed by atoms with Gasteiger partial charge in [-0.2, -0.15) is 0 Å². The smallest absolute Gasteiger partial charge is 0.0232 e. The van der Waals surface area contributed by atoms with Crippen LogP contribution in [0.15, 0.2) is 103 Å². The molecule has 0 fully saturated rings. The van der Waals surface area contributed by atoms with Gasteiger partial charge in [0.2, 0.25) is 0 Å². The van der Waals surface area contributed by atoms with Gasteiger partial charge >= 0.3 is 0 Å². The zero-order valence-electron chi connectivity index (χ0n) is 23.7. The molecule has 2 aliphatic carbocycles. The molecule has 0 N–H and O–H groups in total. The first-order valence-electron chi connectivity index (χ1n) is 14.8. The van der Waals surface area contributed by atoms with Crippen LogP contribution in [0.25, 0.3) is 75.8 Å². The van der Waals surface area contributed by atoms with Gasteiger partial charge in [0.1, 0.15) is 0 Å². The summed E-state index contributed by atoms with van der Waals surface area (Å²) in [6, 6.07) is 36.9. The van der Waals surface area contributed by atoms with Gasteiger partial charge in [-0.15, -0.1) is 5.73 Å². The van der Waals surface area contributed by atoms with Crippen LogP contribution in [0.1, 0.15) is 49.9 Å². The van der Waals surface area contributed by atoms with Crippen molar-refractivity contribution in [3.05, 3.63) is 125 Å².